The number of nitro groups is 1. The first-order valence-electron chi connectivity index (χ1n) is 7.57. The molecule has 1 aliphatic rings. The number of nitrogens with zero attached hydrogens (tertiary/aromatic N) is 2. The van der Waals surface area contributed by atoms with Crippen LogP contribution in [0.25, 0.3) is 0 Å². The molecule has 1 N–H and O–H groups in total. The third-order valence-electron chi connectivity index (χ3n) is 4.84. The zero-order valence-corrected chi connectivity index (χ0v) is 13.0. The molecule has 5 heteroatoms. The number of piperidine rings is 1. The minimum atomic E-state index is -0.692. The monoisotopic (exact) mass is 292 g/mol. The van der Waals surface area contributed by atoms with Gasteiger partial charge in [-0.05, 0) is 36.8 Å². The van der Waals surface area contributed by atoms with Crippen LogP contribution in [0.3, 0.4) is 0 Å². The molecule has 1 aromatic carbocycles. The Bertz CT molecular complexity index is 520. The molecular weight excluding hydrogens is 268 g/mol. The molecule has 21 heavy (non-hydrogen) atoms. The van der Waals surface area contributed by atoms with Crippen LogP contribution in [-0.4, -0.2) is 23.1 Å². The Labute approximate surface area is 125 Å². The van der Waals surface area contributed by atoms with Gasteiger partial charge in [-0.25, -0.2) is 0 Å². The van der Waals surface area contributed by atoms with Crippen molar-refractivity contribution >= 4 is 11.4 Å². The van der Waals surface area contributed by atoms with E-state index in [1.165, 1.54) is 6.07 Å². The smallest absolute Gasteiger partial charge is 0.292 e. The zero-order valence-electron chi connectivity index (χ0n) is 13.0. The molecule has 0 spiro atoms. The molecule has 0 bridgehead atoms. The number of benzene rings is 1. The van der Waals surface area contributed by atoms with Gasteiger partial charge in [-0.2, -0.15) is 0 Å². The lowest BCUT2D eigenvalue weighted by atomic mass is 9.78. The summed E-state index contributed by atoms with van der Waals surface area (Å²) in [6.07, 6.45) is 2.56. The van der Waals surface area contributed by atoms with Crippen molar-refractivity contribution in [1.29, 1.82) is 0 Å². The standard InChI is InChI=1S/C16H24N2O3/c1-4-16(3)7-9-17(10-8-16)14-6-5-13(12(2)19)11-15(14)18(20)21/h5-6,11-12,19H,4,7-10H2,1-3H3/t12-/m1/s1. The number of hydrogen-bond acceptors (Lipinski definition) is 4. The molecule has 116 valence electrons. The van der Waals surface area contributed by atoms with Crippen molar-refractivity contribution < 1.29 is 10.0 Å². The van der Waals surface area contributed by atoms with Crippen LogP contribution >= 0.6 is 0 Å². The van der Waals surface area contributed by atoms with E-state index in [0.717, 1.165) is 32.4 Å². The number of hydrogen-bond donors (Lipinski definition) is 1. The van der Waals surface area contributed by atoms with Crippen molar-refractivity contribution in [2.45, 2.75) is 46.1 Å². The first-order valence-corrected chi connectivity index (χ1v) is 7.57. The average Bonchev–Trinajstić information content (AvgIpc) is 2.47. The summed E-state index contributed by atoms with van der Waals surface area (Å²) in [5, 5.41) is 20.9. The van der Waals surface area contributed by atoms with Crippen molar-refractivity contribution in [3.05, 3.63) is 33.9 Å². The lowest BCUT2D eigenvalue weighted by Gasteiger charge is -2.39. The minimum absolute atomic E-state index is 0.0912. The molecule has 2 rings (SSSR count). The quantitative estimate of drug-likeness (QED) is 0.679. The summed E-state index contributed by atoms with van der Waals surface area (Å²) in [6.45, 7) is 7.80. The van der Waals surface area contributed by atoms with Crippen LogP contribution in [0.2, 0.25) is 0 Å². The fourth-order valence-corrected chi connectivity index (χ4v) is 2.85. The van der Waals surface area contributed by atoms with Gasteiger partial charge in [0, 0.05) is 19.2 Å². The lowest BCUT2D eigenvalue weighted by Crippen LogP contribution is -2.38. The summed E-state index contributed by atoms with van der Waals surface area (Å²) in [5.41, 5.74) is 1.70. The van der Waals surface area contributed by atoms with Gasteiger partial charge >= 0.3 is 0 Å². The SMILES string of the molecule is CCC1(C)CCN(c2ccc([C@@H](C)O)cc2[N+](=O)[O-])CC1. The fraction of sp³-hybridized carbons (Fsp3) is 0.625. The Morgan fingerprint density at radius 1 is 1.43 bits per heavy atom. The summed E-state index contributed by atoms with van der Waals surface area (Å²) in [6, 6.07) is 5.04. The van der Waals surface area contributed by atoms with Gasteiger partial charge in [0.15, 0.2) is 0 Å². The largest absolute Gasteiger partial charge is 0.389 e. The summed E-state index contributed by atoms with van der Waals surface area (Å²) < 4.78 is 0. The van der Waals surface area contributed by atoms with Crippen LogP contribution in [0.5, 0.6) is 0 Å². The molecule has 1 atom stereocenters. The maximum Gasteiger partial charge on any atom is 0.292 e. The zero-order chi connectivity index (χ0) is 15.6. The van der Waals surface area contributed by atoms with Gasteiger partial charge in [0.1, 0.15) is 5.69 Å². The van der Waals surface area contributed by atoms with Crippen LogP contribution in [-0.2, 0) is 0 Å². The van der Waals surface area contributed by atoms with Gasteiger partial charge in [0.05, 0.1) is 11.0 Å². The topological polar surface area (TPSA) is 66.6 Å². The molecule has 1 saturated heterocycles. The van der Waals surface area contributed by atoms with Gasteiger partial charge in [0.2, 0.25) is 0 Å². The summed E-state index contributed by atoms with van der Waals surface area (Å²) in [5.74, 6) is 0. The molecule has 1 aromatic rings. The van der Waals surface area contributed by atoms with Crippen molar-refractivity contribution in [2.75, 3.05) is 18.0 Å². The minimum Gasteiger partial charge on any atom is -0.389 e. The number of rotatable bonds is 4. The number of aliphatic hydroxyl groups is 1. The highest BCUT2D eigenvalue weighted by atomic mass is 16.6. The van der Waals surface area contributed by atoms with Crippen LogP contribution in [0.4, 0.5) is 11.4 Å². The van der Waals surface area contributed by atoms with Gasteiger partial charge in [-0.15, -0.1) is 0 Å². The molecule has 1 fully saturated rings. The first kappa shape index (κ1) is 15.8. The first-order chi connectivity index (χ1) is 9.86. The third kappa shape index (κ3) is 3.35. The van der Waals surface area contributed by atoms with Gasteiger partial charge in [0.25, 0.3) is 5.69 Å². The molecule has 0 aliphatic carbocycles. The van der Waals surface area contributed by atoms with E-state index >= 15 is 0 Å². The molecule has 0 unspecified atom stereocenters. The maximum absolute atomic E-state index is 11.3. The van der Waals surface area contributed by atoms with E-state index in [0.29, 0.717) is 16.7 Å². The highest BCUT2D eigenvalue weighted by Crippen LogP contribution is 2.38. The molecule has 5 nitrogen and oxygen atoms in total. The van der Waals surface area contributed by atoms with Crippen molar-refractivity contribution in [2.24, 2.45) is 5.41 Å². The second-order valence-electron chi connectivity index (χ2n) is 6.33. The highest BCUT2D eigenvalue weighted by molar-refractivity contribution is 5.64. The van der Waals surface area contributed by atoms with E-state index in [9.17, 15) is 15.2 Å². The van der Waals surface area contributed by atoms with Crippen molar-refractivity contribution in [1.82, 2.24) is 0 Å². The van der Waals surface area contributed by atoms with E-state index in [1.54, 1.807) is 19.1 Å². The summed E-state index contributed by atoms with van der Waals surface area (Å²) in [4.78, 5) is 13.1. The number of nitro benzene ring substituents is 1. The van der Waals surface area contributed by atoms with Gasteiger partial charge < -0.3 is 10.0 Å². The van der Waals surface area contributed by atoms with Crippen molar-refractivity contribution in [3.63, 3.8) is 0 Å². The number of aliphatic hydroxyl groups excluding tert-OH is 1. The van der Waals surface area contributed by atoms with Gasteiger partial charge in [-0.1, -0.05) is 26.3 Å². The molecule has 1 aliphatic heterocycles. The molecule has 0 radical (unpaired) electrons. The predicted octanol–water partition coefficient (Wildman–Crippen LogP) is 3.66. The molecule has 0 amide bonds. The second-order valence-corrected chi connectivity index (χ2v) is 6.33. The molecule has 1 heterocycles. The summed E-state index contributed by atoms with van der Waals surface area (Å²) >= 11 is 0. The molecular formula is C16H24N2O3. The van der Waals surface area contributed by atoms with Crippen LogP contribution < -0.4 is 4.90 Å². The van der Waals surface area contributed by atoms with Crippen LogP contribution in [0.1, 0.15) is 51.7 Å². The van der Waals surface area contributed by atoms with E-state index in [1.807, 2.05) is 0 Å². The second kappa shape index (κ2) is 6.02. The third-order valence-corrected chi connectivity index (χ3v) is 4.84. The van der Waals surface area contributed by atoms with E-state index in [2.05, 4.69) is 18.7 Å². The Hall–Kier alpha value is -1.62. The van der Waals surface area contributed by atoms with E-state index < -0.39 is 6.10 Å². The maximum atomic E-state index is 11.3. The summed E-state index contributed by atoms with van der Waals surface area (Å²) in [7, 11) is 0. The Morgan fingerprint density at radius 3 is 2.52 bits per heavy atom. The normalized spacial score (nSPS) is 19.3. The lowest BCUT2D eigenvalue weighted by molar-refractivity contribution is -0.384. The van der Waals surface area contributed by atoms with Crippen LogP contribution in [0, 0.1) is 15.5 Å². The van der Waals surface area contributed by atoms with E-state index in [4.69, 9.17) is 0 Å². The van der Waals surface area contributed by atoms with Crippen molar-refractivity contribution in [3.8, 4) is 0 Å². The Balaban J connectivity index is 2.26. The molecule has 0 aromatic heterocycles. The number of anilines is 1. The highest BCUT2D eigenvalue weighted by Gasteiger charge is 2.31. The molecule has 0 saturated carbocycles. The Morgan fingerprint density at radius 2 is 2.05 bits per heavy atom. The van der Waals surface area contributed by atoms with E-state index in [-0.39, 0.29) is 10.6 Å². The fourth-order valence-electron chi connectivity index (χ4n) is 2.85. The predicted molar refractivity (Wildman–Crippen MR) is 83.6 cm³/mol. The Kier molecular flexibility index (Phi) is 4.52. The average molecular weight is 292 g/mol. The van der Waals surface area contributed by atoms with Crippen LogP contribution in [0.15, 0.2) is 18.2 Å². The van der Waals surface area contributed by atoms with Gasteiger partial charge in [-0.3, -0.25) is 10.1 Å².